The summed E-state index contributed by atoms with van der Waals surface area (Å²) in [5.41, 5.74) is 7.66. The number of hydrogen-bond acceptors (Lipinski definition) is 3. The van der Waals surface area contributed by atoms with Gasteiger partial charge in [-0.2, -0.15) is 0 Å². The van der Waals surface area contributed by atoms with Gasteiger partial charge in [-0.25, -0.2) is 4.79 Å². The predicted octanol–water partition coefficient (Wildman–Crippen LogP) is 2.61. The van der Waals surface area contributed by atoms with E-state index in [4.69, 9.17) is 15.9 Å². The lowest BCUT2D eigenvalue weighted by atomic mass is 10.1. The molecular weight excluding hydrogens is 283 g/mol. The number of nitrogens with two attached hydrogens (primary N) is 1. The molecule has 0 saturated carbocycles. The number of esters is 1. The lowest BCUT2D eigenvalue weighted by Crippen LogP contribution is -2.11. The van der Waals surface area contributed by atoms with E-state index in [0.29, 0.717) is 16.9 Å². The zero-order chi connectivity index (χ0) is 15.2. The molecule has 2 aromatic carbocycles. The highest BCUT2D eigenvalue weighted by Gasteiger charge is 2.08. The van der Waals surface area contributed by atoms with Crippen molar-refractivity contribution in [2.24, 2.45) is 5.73 Å². The average Bonchev–Trinajstić information content (AvgIpc) is 2.49. The normalized spacial score (nSPS) is 10.1. The summed E-state index contributed by atoms with van der Waals surface area (Å²) in [6.45, 7) is 0. The Balaban J connectivity index is 2.05. The van der Waals surface area contributed by atoms with Gasteiger partial charge in [-0.3, -0.25) is 5.41 Å². The van der Waals surface area contributed by atoms with Crippen LogP contribution in [-0.2, 0) is 6.42 Å². The molecule has 0 amide bonds. The Morgan fingerprint density at radius 2 is 1.62 bits per heavy atom. The van der Waals surface area contributed by atoms with E-state index in [1.54, 1.807) is 36.4 Å². The molecule has 5 heteroatoms. The van der Waals surface area contributed by atoms with Gasteiger partial charge in [-0.05, 0) is 54.5 Å². The number of aryl methyl sites for hydroxylation is 1. The van der Waals surface area contributed by atoms with Gasteiger partial charge in [0.05, 0.1) is 5.56 Å². The molecule has 0 aliphatic carbocycles. The summed E-state index contributed by atoms with van der Waals surface area (Å²) >= 11 is 0. The minimum atomic E-state index is -0.400. The Morgan fingerprint density at radius 1 is 1.05 bits per heavy atom. The van der Waals surface area contributed by atoms with Crippen LogP contribution in [0.25, 0.3) is 0 Å². The van der Waals surface area contributed by atoms with Crippen LogP contribution in [0.5, 0.6) is 5.75 Å². The van der Waals surface area contributed by atoms with E-state index in [2.05, 4.69) is 9.24 Å². The first-order valence-electron chi connectivity index (χ1n) is 6.56. The second-order valence-electron chi connectivity index (χ2n) is 4.56. The highest BCUT2D eigenvalue weighted by Crippen LogP contribution is 2.15. The summed E-state index contributed by atoms with van der Waals surface area (Å²) in [6.07, 6.45) is 1.96. The summed E-state index contributed by atoms with van der Waals surface area (Å²) in [7, 11) is 2.68. The van der Waals surface area contributed by atoms with Crippen molar-refractivity contribution in [2.45, 2.75) is 6.42 Å². The standard InChI is InChI=1S/C16H17N2O2P/c17-15(18)12-5-7-14(8-6-12)20-16(19)13-3-1-11(2-4-13)9-10-21/h1-8H,9-10,21H2,(H3,17,18). The predicted molar refractivity (Wildman–Crippen MR) is 87.1 cm³/mol. The van der Waals surface area contributed by atoms with Crippen LogP contribution in [0.15, 0.2) is 48.5 Å². The fraction of sp³-hybridized carbons (Fsp3) is 0.125. The maximum atomic E-state index is 12.0. The van der Waals surface area contributed by atoms with Gasteiger partial charge in [-0.15, -0.1) is 9.24 Å². The molecule has 4 nitrogen and oxygen atoms in total. The van der Waals surface area contributed by atoms with Crippen LogP contribution in [0.2, 0.25) is 0 Å². The van der Waals surface area contributed by atoms with Gasteiger partial charge in [0.1, 0.15) is 11.6 Å². The number of carbonyl (C=O) groups is 1. The molecule has 0 aliphatic heterocycles. The Bertz CT molecular complexity index is 636. The van der Waals surface area contributed by atoms with Crippen molar-refractivity contribution in [3.8, 4) is 5.75 Å². The zero-order valence-corrected chi connectivity index (χ0v) is 12.7. The lowest BCUT2D eigenvalue weighted by molar-refractivity contribution is 0.0735. The number of hydrogen-bond donors (Lipinski definition) is 2. The van der Waals surface area contributed by atoms with E-state index in [1.165, 1.54) is 5.56 Å². The van der Waals surface area contributed by atoms with Crippen molar-refractivity contribution in [3.05, 3.63) is 65.2 Å². The molecule has 21 heavy (non-hydrogen) atoms. The monoisotopic (exact) mass is 300 g/mol. The van der Waals surface area contributed by atoms with E-state index < -0.39 is 5.97 Å². The van der Waals surface area contributed by atoms with Crippen molar-refractivity contribution in [3.63, 3.8) is 0 Å². The molecule has 0 heterocycles. The number of amidine groups is 1. The Morgan fingerprint density at radius 3 is 2.14 bits per heavy atom. The molecule has 0 bridgehead atoms. The van der Waals surface area contributed by atoms with Gasteiger partial charge in [0, 0.05) is 5.56 Å². The average molecular weight is 300 g/mol. The summed E-state index contributed by atoms with van der Waals surface area (Å²) in [6, 6.07) is 13.9. The first kappa shape index (κ1) is 15.2. The van der Waals surface area contributed by atoms with Crippen molar-refractivity contribution in [2.75, 3.05) is 6.16 Å². The number of nitrogen functional groups attached to an aromatic ring is 1. The highest BCUT2D eigenvalue weighted by atomic mass is 31.0. The number of rotatable bonds is 5. The molecule has 0 fully saturated rings. The SMILES string of the molecule is N=C(N)c1ccc(OC(=O)c2ccc(CCP)cc2)cc1. The summed E-state index contributed by atoms with van der Waals surface area (Å²) in [5, 5.41) is 7.30. The maximum Gasteiger partial charge on any atom is 0.343 e. The summed E-state index contributed by atoms with van der Waals surface area (Å²) in [4.78, 5) is 12.0. The molecule has 2 rings (SSSR count). The lowest BCUT2D eigenvalue weighted by Gasteiger charge is -2.06. The van der Waals surface area contributed by atoms with Gasteiger partial charge in [0.2, 0.25) is 0 Å². The van der Waals surface area contributed by atoms with E-state index in [0.717, 1.165) is 12.6 Å². The number of nitrogens with one attached hydrogen (secondary N) is 1. The first-order chi connectivity index (χ1) is 10.1. The maximum absolute atomic E-state index is 12.0. The third kappa shape index (κ3) is 4.14. The Labute approximate surface area is 126 Å². The Hall–Kier alpha value is -2.19. The first-order valence-corrected chi connectivity index (χ1v) is 7.37. The molecule has 0 spiro atoms. The van der Waals surface area contributed by atoms with Crippen LogP contribution >= 0.6 is 9.24 Å². The molecule has 0 radical (unpaired) electrons. The summed E-state index contributed by atoms with van der Waals surface area (Å²) < 4.78 is 5.28. The van der Waals surface area contributed by atoms with Crippen LogP contribution in [0.1, 0.15) is 21.5 Å². The molecule has 3 N–H and O–H groups in total. The fourth-order valence-electron chi connectivity index (χ4n) is 1.84. The van der Waals surface area contributed by atoms with E-state index in [9.17, 15) is 4.79 Å². The quantitative estimate of drug-likeness (QED) is 0.293. The van der Waals surface area contributed by atoms with E-state index in [1.807, 2.05) is 12.1 Å². The molecule has 1 atom stereocenters. The molecule has 108 valence electrons. The number of ether oxygens (including phenoxy) is 1. The van der Waals surface area contributed by atoms with Crippen LogP contribution in [-0.4, -0.2) is 18.0 Å². The minimum Gasteiger partial charge on any atom is -0.423 e. The number of carbonyl (C=O) groups excluding carboxylic acids is 1. The molecule has 0 aromatic heterocycles. The molecule has 1 unspecified atom stereocenters. The van der Waals surface area contributed by atoms with Crippen molar-refractivity contribution in [1.29, 1.82) is 5.41 Å². The van der Waals surface area contributed by atoms with E-state index in [-0.39, 0.29) is 5.84 Å². The van der Waals surface area contributed by atoms with E-state index >= 15 is 0 Å². The molecular formula is C16H17N2O2P. The zero-order valence-electron chi connectivity index (χ0n) is 11.5. The molecule has 0 saturated heterocycles. The van der Waals surface area contributed by atoms with Crippen molar-refractivity contribution < 1.29 is 9.53 Å². The fourth-order valence-corrected chi connectivity index (χ4v) is 2.18. The second-order valence-corrected chi connectivity index (χ2v) is 5.14. The molecule has 2 aromatic rings. The Kier molecular flexibility index (Phi) is 5.07. The van der Waals surface area contributed by atoms with Crippen LogP contribution in [0, 0.1) is 5.41 Å². The van der Waals surface area contributed by atoms with Gasteiger partial charge in [0.25, 0.3) is 0 Å². The van der Waals surface area contributed by atoms with Crippen molar-refractivity contribution in [1.82, 2.24) is 0 Å². The van der Waals surface area contributed by atoms with Crippen molar-refractivity contribution >= 4 is 21.0 Å². The second kappa shape index (κ2) is 7.00. The van der Waals surface area contributed by atoms with Gasteiger partial charge in [-0.1, -0.05) is 12.1 Å². The third-order valence-corrected chi connectivity index (χ3v) is 3.29. The largest absolute Gasteiger partial charge is 0.423 e. The van der Waals surface area contributed by atoms with Crippen LogP contribution < -0.4 is 10.5 Å². The number of benzene rings is 2. The highest BCUT2D eigenvalue weighted by molar-refractivity contribution is 7.16. The minimum absolute atomic E-state index is 0.0162. The van der Waals surface area contributed by atoms with Crippen LogP contribution in [0.3, 0.4) is 0 Å². The smallest absolute Gasteiger partial charge is 0.343 e. The van der Waals surface area contributed by atoms with Gasteiger partial charge >= 0.3 is 5.97 Å². The van der Waals surface area contributed by atoms with Gasteiger partial charge < -0.3 is 10.5 Å². The molecule has 0 aliphatic rings. The summed E-state index contributed by atoms with van der Waals surface area (Å²) in [5.74, 6) is 0.0135. The third-order valence-electron chi connectivity index (χ3n) is 3.00. The topological polar surface area (TPSA) is 76.2 Å². The van der Waals surface area contributed by atoms with Gasteiger partial charge in [0.15, 0.2) is 0 Å². The van der Waals surface area contributed by atoms with Crippen LogP contribution in [0.4, 0.5) is 0 Å².